The molecule has 1 aliphatic heterocycles. The van der Waals surface area contributed by atoms with Crippen molar-refractivity contribution < 1.29 is 13.9 Å². The Kier molecular flexibility index (Phi) is 4.00. The number of amides is 2. The minimum absolute atomic E-state index is 0.370. The van der Waals surface area contributed by atoms with Gasteiger partial charge in [0.25, 0.3) is 0 Å². The molecule has 1 aliphatic rings. The van der Waals surface area contributed by atoms with Crippen molar-refractivity contribution in [2.75, 3.05) is 11.9 Å². The van der Waals surface area contributed by atoms with Crippen molar-refractivity contribution in [3.8, 4) is 5.75 Å². The maximum atomic E-state index is 13.3. The maximum Gasteiger partial charge on any atom is 0.339 e. The summed E-state index contributed by atoms with van der Waals surface area (Å²) in [6.45, 7) is 0.444. The third kappa shape index (κ3) is 3.22. The Hall–Kier alpha value is -2.89. The number of nitrogens with zero attached hydrogens (tertiary/aromatic N) is 1. The van der Waals surface area contributed by atoms with Gasteiger partial charge < -0.3 is 10.1 Å². The first-order valence-electron chi connectivity index (χ1n) is 6.84. The van der Waals surface area contributed by atoms with Gasteiger partial charge in [-0.3, -0.25) is 0 Å². The molecule has 112 valence electrons. The van der Waals surface area contributed by atoms with Crippen LogP contribution in [-0.4, -0.2) is 18.3 Å². The fourth-order valence-corrected chi connectivity index (χ4v) is 2.16. The Morgan fingerprint density at radius 2 is 2.00 bits per heavy atom. The number of ether oxygens (including phenoxy) is 1. The van der Waals surface area contributed by atoms with Crippen LogP contribution in [-0.2, 0) is 0 Å². The number of para-hydroxylation sites is 1. The summed E-state index contributed by atoms with van der Waals surface area (Å²) in [5, 5.41) is 6.72. The topological polar surface area (TPSA) is 62.7 Å². The molecule has 0 spiro atoms. The standard InChI is InChI=1S/C16H14FN3O2/c17-11-6-7-15-13(10-11)14(8-9-22-15)19-20-16(21)18-12-4-2-1-3-5-12/h1-7,10H,8-9H2,(H2,18,20,21)/b19-14+. The van der Waals surface area contributed by atoms with Crippen LogP contribution in [0.4, 0.5) is 14.9 Å². The Labute approximate surface area is 126 Å². The number of halogens is 1. The van der Waals surface area contributed by atoms with Gasteiger partial charge in [0.2, 0.25) is 0 Å². The van der Waals surface area contributed by atoms with Crippen LogP contribution in [0.15, 0.2) is 53.6 Å². The predicted octanol–water partition coefficient (Wildman–Crippen LogP) is 3.13. The summed E-state index contributed by atoms with van der Waals surface area (Å²) in [5.41, 5.74) is 4.23. The fourth-order valence-electron chi connectivity index (χ4n) is 2.16. The summed E-state index contributed by atoms with van der Waals surface area (Å²) in [5.74, 6) is 0.197. The van der Waals surface area contributed by atoms with Crippen LogP contribution in [0.3, 0.4) is 0 Å². The molecule has 0 unspecified atom stereocenters. The normalized spacial score (nSPS) is 14.9. The quantitative estimate of drug-likeness (QED) is 0.837. The van der Waals surface area contributed by atoms with Crippen molar-refractivity contribution in [1.82, 2.24) is 5.43 Å². The lowest BCUT2D eigenvalue weighted by Gasteiger charge is -2.18. The van der Waals surface area contributed by atoms with E-state index in [0.717, 1.165) is 0 Å². The summed E-state index contributed by atoms with van der Waals surface area (Å²) in [4.78, 5) is 11.8. The van der Waals surface area contributed by atoms with E-state index in [9.17, 15) is 9.18 Å². The number of benzene rings is 2. The molecule has 0 radical (unpaired) electrons. The highest BCUT2D eigenvalue weighted by Gasteiger charge is 2.17. The summed E-state index contributed by atoms with van der Waals surface area (Å²) in [7, 11) is 0. The lowest BCUT2D eigenvalue weighted by atomic mass is 10.0. The van der Waals surface area contributed by atoms with Gasteiger partial charge in [0.15, 0.2) is 0 Å². The molecule has 2 aromatic rings. The van der Waals surface area contributed by atoms with Crippen LogP contribution in [0.5, 0.6) is 5.75 Å². The van der Waals surface area contributed by atoms with Crippen LogP contribution in [0, 0.1) is 5.82 Å². The van der Waals surface area contributed by atoms with Crippen LogP contribution in [0.2, 0.25) is 0 Å². The number of fused-ring (bicyclic) bond motifs is 1. The van der Waals surface area contributed by atoms with Gasteiger partial charge >= 0.3 is 6.03 Å². The summed E-state index contributed by atoms with van der Waals surface area (Å²) in [6, 6.07) is 12.8. The summed E-state index contributed by atoms with van der Waals surface area (Å²) in [6.07, 6.45) is 0.502. The van der Waals surface area contributed by atoms with Gasteiger partial charge in [0.1, 0.15) is 11.6 Å². The monoisotopic (exact) mass is 299 g/mol. The first-order chi connectivity index (χ1) is 10.7. The highest BCUT2D eigenvalue weighted by molar-refractivity contribution is 6.04. The molecule has 0 saturated heterocycles. The second-order valence-electron chi connectivity index (χ2n) is 4.73. The maximum absolute atomic E-state index is 13.3. The lowest BCUT2D eigenvalue weighted by molar-refractivity contribution is 0.252. The van der Waals surface area contributed by atoms with Gasteiger partial charge in [-0.15, -0.1) is 0 Å². The van der Waals surface area contributed by atoms with Crippen LogP contribution >= 0.6 is 0 Å². The van der Waals surface area contributed by atoms with Gasteiger partial charge in [0.05, 0.1) is 12.3 Å². The molecule has 22 heavy (non-hydrogen) atoms. The average Bonchev–Trinajstić information content (AvgIpc) is 2.54. The van der Waals surface area contributed by atoms with Gasteiger partial charge in [0, 0.05) is 17.7 Å². The Bertz CT molecular complexity index is 717. The van der Waals surface area contributed by atoms with E-state index in [1.807, 2.05) is 18.2 Å². The average molecular weight is 299 g/mol. The number of carbonyl (C=O) groups is 1. The zero-order valence-corrected chi connectivity index (χ0v) is 11.7. The molecule has 0 atom stereocenters. The van der Waals surface area contributed by atoms with E-state index >= 15 is 0 Å². The Morgan fingerprint density at radius 1 is 1.18 bits per heavy atom. The summed E-state index contributed by atoms with van der Waals surface area (Å²) < 4.78 is 18.8. The number of nitrogens with one attached hydrogen (secondary N) is 2. The van der Waals surface area contributed by atoms with E-state index in [2.05, 4.69) is 15.8 Å². The number of anilines is 1. The highest BCUT2D eigenvalue weighted by atomic mass is 19.1. The second-order valence-corrected chi connectivity index (χ2v) is 4.73. The molecule has 0 saturated carbocycles. The Balaban J connectivity index is 1.71. The first kappa shape index (κ1) is 14.1. The highest BCUT2D eigenvalue weighted by Crippen LogP contribution is 2.25. The molecule has 2 aromatic carbocycles. The van der Waals surface area contributed by atoms with Gasteiger partial charge in [-0.25, -0.2) is 14.6 Å². The number of hydrogen-bond donors (Lipinski definition) is 2. The second kappa shape index (κ2) is 6.26. The smallest absolute Gasteiger partial charge is 0.339 e. The van der Waals surface area contributed by atoms with E-state index in [4.69, 9.17) is 4.74 Å². The molecule has 0 fully saturated rings. The third-order valence-electron chi connectivity index (χ3n) is 3.17. The van der Waals surface area contributed by atoms with Crippen molar-refractivity contribution in [3.63, 3.8) is 0 Å². The minimum atomic E-state index is -0.455. The molecule has 0 bridgehead atoms. The molecular weight excluding hydrogens is 285 g/mol. The molecule has 0 aliphatic carbocycles. The minimum Gasteiger partial charge on any atom is -0.492 e. The van der Waals surface area contributed by atoms with Crippen LogP contribution in [0.1, 0.15) is 12.0 Å². The van der Waals surface area contributed by atoms with Crippen molar-refractivity contribution >= 4 is 17.4 Å². The van der Waals surface area contributed by atoms with Crippen molar-refractivity contribution in [3.05, 3.63) is 59.9 Å². The predicted molar refractivity (Wildman–Crippen MR) is 81.6 cm³/mol. The number of urea groups is 1. The zero-order chi connectivity index (χ0) is 15.4. The molecule has 2 amide bonds. The SMILES string of the molecule is O=C(N/N=C1\CCOc2ccc(F)cc21)Nc1ccccc1. The third-order valence-corrected chi connectivity index (χ3v) is 3.17. The van der Waals surface area contributed by atoms with Gasteiger partial charge in [-0.1, -0.05) is 18.2 Å². The molecule has 0 aromatic heterocycles. The molecule has 5 nitrogen and oxygen atoms in total. The van der Waals surface area contributed by atoms with Crippen molar-refractivity contribution in [1.29, 1.82) is 0 Å². The molecule has 1 heterocycles. The summed E-state index contributed by atoms with van der Waals surface area (Å²) >= 11 is 0. The van der Waals surface area contributed by atoms with Crippen molar-refractivity contribution in [2.24, 2.45) is 5.10 Å². The largest absolute Gasteiger partial charge is 0.492 e. The number of hydrogen-bond acceptors (Lipinski definition) is 3. The molecular formula is C16H14FN3O2. The van der Waals surface area contributed by atoms with E-state index in [1.54, 1.807) is 18.2 Å². The van der Waals surface area contributed by atoms with Crippen molar-refractivity contribution in [2.45, 2.75) is 6.42 Å². The van der Waals surface area contributed by atoms with E-state index in [0.29, 0.717) is 35.7 Å². The number of rotatable bonds is 2. The molecule has 6 heteroatoms. The lowest BCUT2D eigenvalue weighted by Crippen LogP contribution is -2.27. The fraction of sp³-hybridized carbons (Fsp3) is 0.125. The molecule has 3 rings (SSSR count). The Morgan fingerprint density at radius 3 is 2.82 bits per heavy atom. The zero-order valence-electron chi connectivity index (χ0n) is 11.7. The van der Waals surface area contributed by atoms with E-state index in [1.165, 1.54) is 12.1 Å². The molecule has 2 N–H and O–H groups in total. The van der Waals surface area contributed by atoms with Gasteiger partial charge in [-0.05, 0) is 30.3 Å². The number of carbonyl (C=O) groups excluding carboxylic acids is 1. The first-order valence-corrected chi connectivity index (χ1v) is 6.84. The number of hydrazone groups is 1. The van der Waals surface area contributed by atoms with Crippen LogP contribution in [0.25, 0.3) is 0 Å². The van der Waals surface area contributed by atoms with Gasteiger partial charge in [-0.2, -0.15) is 5.10 Å². The van der Waals surface area contributed by atoms with Crippen LogP contribution < -0.4 is 15.5 Å². The van der Waals surface area contributed by atoms with E-state index < -0.39 is 6.03 Å². The van der Waals surface area contributed by atoms with E-state index in [-0.39, 0.29) is 5.82 Å².